The van der Waals surface area contributed by atoms with E-state index in [0.29, 0.717) is 12.5 Å². The summed E-state index contributed by atoms with van der Waals surface area (Å²) in [7, 11) is 1.75. The summed E-state index contributed by atoms with van der Waals surface area (Å²) < 4.78 is 5.54. The summed E-state index contributed by atoms with van der Waals surface area (Å²) in [4.78, 5) is 15.0. The zero-order chi connectivity index (χ0) is 14.6. The van der Waals surface area contributed by atoms with E-state index in [1.54, 1.807) is 7.11 Å². The Balaban J connectivity index is 2.08. The molecular formula is C16H30N2O2. The van der Waals surface area contributed by atoms with Crippen LogP contribution in [-0.4, -0.2) is 43.7 Å². The first-order chi connectivity index (χ1) is 9.63. The van der Waals surface area contributed by atoms with Gasteiger partial charge in [-0.1, -0.05) is 32.6 Å². The first-order valence-electron chi connectivity index (χ1n) is 8.15. The first-order valence-corrected chi connectivity index (χ1v) is 8.15. The number of rotatable bonds is 3. The van der Waals surface area contributed by atoms with Gasteiger partial charge in [0.1, 0.15) is 0 Å². The Hall–Kier alpha value is -0.610. The second-order valence-electron chi connectivity index (χ2n) is 6.69. The number of hydrogen-bond acceptors (Lipinski definition) is 3. The molecule has 2 aliphatic rings. The van der Waals surface area contributed by atoms with Gasteiger partial charge < -0.3 is 15.4 Å². The Morgan fingerprint density at radius 1 is 1.30 bits per heavy atom. The molecular weight excluding hydrogens is 252 g/mol. The van der Waals surface area contributed by atoms with Crippen molar-refractivity contribution in [2.45, 2.75) is 58.0 Å². The maximum Gasteiger partial charge on any atom is 0.230 e. The largest absolute Gasteiger partial charge is 0.379 e. The topological polar surface area (TPSA) is 55.6 Å². The number of likely N-dealkylation sites (tertiary alicyclic amines) is 1. The van der Waals surface area contributed by atoms with Gasteiger partial charge in [0.2, 0.25) is 5.91 Å². The van der Waals surface area contributed by atoms with E-state index < -0.39 is 0 Å². The van der Waals surface area contributed by atoms with E-state index in [-0.39, 0.29) is 17.4 Å². The van der Waals surface area contributed by atoms with Crippen molar-refractivity contribution in [3.8, 4) is 0 Å². The van der Waals surface area contributed by atoms with Gasteiger partial charge in [-0.25, -0.2) is 0 Å². The lowest BCUT2D eigenvalue weighted by atomic mass is 9.78. The molecule has 4 nitrogen and oxygen atoms in total. The van der Waals surface area contributed by atoms with Crippen LogP contribution in [0.5, 0.6) is 0 Å². The maximum absolute atomic E-state index is 13.0. The third-order valence-corrected chi connectivity index (χ3v) is 5.38. The van der Waals surface area contributed by atoms with E-state index in [4.69, 9.17) is 10.5 Å². The van der Waals surface area contributed by atoms with Gasteiger partial charge in [-0.2, -0.15) is 0 Å². The lowest BCUT2D eigenvalue weighted by Gasteiger charge is -2.41. The SMILES string of the molecule is COC1CN(C(=O)C2(CN)CCCCCC2)CCC1C. The predicted molar refractivity (Wildman–Crippen MR) is 80.3 cm³/mol. The zero-order valence-electron chi connectivity index (χ0n) is 13.1. The molecule has 0 bridgehead atoms. The van der Waals surface area contributed by atoms with Crippen molar-refractivity contribution in [2.24, 2.45) is 17.1 Å². The monoisotopic (exact) mass is 282 g/mol. The molecule has 1 amide bonds. The smallest absolute Gasteiger partial charge is 0.230 e. The Kier molecular flexibility index (Phi) is 5.44. The average Bonchev–Trinajstić information content (AvgIpc) is 2.73. The fourth-order valence-electron chi connectivity index (χ4n) is 3.77. The number of hydrogen-bond donors (Lipinski definition) is 1. The van der Waals surface area contributed by atoms with Gasteiger partial charge in [-0.15, -0.1) is 0 Å². The minimum Gasteiger partial charge on any atom is -0.379 e. The molecule has 1 saturated heterocycles. The Bertz CT molecular complexity index is 324. The molecule has 2 unspecified atom stereocenters. The molecule has 20 heavy (non-hydrogen) atoms. The molecule has 2 atom stereocenters. The van der Waals surface area contributed by atoms with Crippen molar-refractivity contribution in [1.82, 2.24) is 4.90 Å². The van der Waals surface area contributed by atoms with Crippen molar-refractivity contribution in [3.05, 3.63) is 0 Å². The van der Waals surface area contributed by atoms with Crippen molar-refractivity contribution in [2.75, 3.05) is 26.7 Å². The Morgan fingerprint density at radius 2 is 1.95 bits per heavy atom. The molecule has 0 spiro atoms. The number of nitrogens with zero attached hydrogens (tertiary/aromatic N) is 1. The van der Waals surface area contributed by atoms with E-state index >= 15 is 0 Å². The third-order valence-electron chi connectivity index (χ3n) is 5.38. The van der Waals surface area contributed by atoms with Crippen LogP contribution in [0, 0.1) is 11.3 Å². The van der Waals surface area contributed by atoms with Gasteiger partial charge in [0.15, 0.2) is 0 Å². The number of piperidine rings is 1. The van der Waals surface area contributed by atoms with Crippen molar-refractivity contribution < 1.29 is 9.53 Å². The quantitative estimate of drug-likeness (QED) is 0.807. The van der Waals surface area contributed by atoms with Gasteiger partial charge in [-0.05, 0) is 25.2 Å². The highest BCUT2D eigenvalue weighted by Crippen LogP contribution is 2.37. The molecule has 1 aliphatic heterocycles. The second kappa shape index (κ2) is 6.90. The van der Waals surface area contributed by atoms with E-state index in [9.17, 15) is 4.79 Å². The molecule has 116 valence electrons. The van der Waals surface area contributed by atoms with Crippen LogP contribution < -0.4 is 5.73 Å². The molecule has 0 aromatic rings. The molecule has 1 heterocycles. The fraction of sp³-hybridized carbons (Fsp3) is 0.938. The molecule has 4 heteroatoms. The summed E-state index contributed by atoms with van der Waals surface area (Å²) in [5.41, 5.74) is 5.73. The highest BCUT2D eigenvalue weighted by molar-refractivity contribution is 5.83. The Labute approximate surface area is 123 Å². The average molecular weight is 282 g/mol. The summed E-state index contributed by atoms with van der Waals surface area (Å²) in [6, 6.07) is 0. The molecule has 1 saturated carbocycles. The predicted octanol–water partition coefficient (Wildman–Crippen LogP) is 2.17. The minimum atomic E-state index is -0.296. The summed E-state index contributed by atoms with van der Waals surface area (Å²) in [5, 5.41) is 0. The van der Waals surface area contributed by atoms with Crippen molar-refractivity contribution in [1.29, 1.82) is 0 Å². The normalized spacial score (nSPS) is 30.9. The van der Waals surface area contributed by atoms with E-state index in [1.165, 1.54) is 12.8 Å². The number of amides is 1. The lowest BCUT2D eigenvalue weighted by Crippen LogP contribution is -2.54. The number of carbonyl (C=O) groups is 1. The van der Waals surface area contributed by atoms with Gasteiger partial charge in [-0.3, -0.25) is 4.79 Å². The molecule has 0 aromatic carbocycles. The van der Waals surface area contributed by atoms with Gasteiger partial charge in [0.05, 0.1) is 11.5 Å². The maximum atomic E-state index is 13.0. The van der Waals surface area contributed by atoms with E-state index in [0.717, 1.165) is 45.2 Å². The molecule has 2 fully saturated rings. The van der Waals surface area contributed by atoms with Crippen LogP contribution in [0.25, 0.3) is 0 Å². The van der Waals surface area contributed by atoms with Crippen LogP contribution in [0.1, 0.15) is 51.9 Å². The molecule has 1 aliphatic carbocycles. The molecule has 0 radical (unpaired) electrons. The summed E-state index contributed by atoms with van der Waals surface area (Å²) in [5.74, 6) is 0.822. The summed E-state index contributed by atoms with van der Waals surface area (Å²) in [6.07, 6.45) is 7.90. The van der Waals surface area contributed by atoms with Crippen molar-refractivity contribution >= 4 is 5.91 Å². The van der Waals surface area contributed by atoms with Crippen LogP contribution in [0.3, 0.4) is 0 Å². The number of methoxy groups -OCH3 is 1. The molecule has 2 N–H and O–H groups in total. The summed E-state index contributed by atoms with van der Waals surface area (Å²) >= 11 is 0. The second-order valence-corrected chi connectivity index (χ2v) is 6.69. The van der Waals surface area contributed by atoms with Crippen LogP contribution in [0.2, 0.25) is 0 Å². The number of nitrogens with two attached hydrogens (primary N) is 1. The summed E-state index contributed by atoms with van der Waals surface area (Å²) in [6.45, 7) is 4.30. The highest BCUT2D eigenvalue weighted by atomic mass is 16.5. The van der Waals surface area contributed by atoms with Gasteiger partial charge in [0, 0.05) is 26.7 Å². The van der Waals surface area contributed by atoms with Gasteiger partial charge in [0.25, 0.3) is 0 Å². The lowest BCUT2D eigenvalue weighted by molar-refractivity contribution is -0.147. The Morgan fingerprint density at radius 3 is 2.50 bits per heavy atom. The van der Waals surface area contributed by atoms with Crippen LogP contribution in [0.4, 0.5) is 0 Å². The van der Waals surface area contributed by atoms with E-state index in [2.05, 4.69) is 6.92 Å². The van der Waals surface area contributed by atoms with Crippen LogP contribution in [0.15, 0.2) is 0 Å². The molecule has 0 aromatic heterocycles. The standard InChI is InChI=1S/C16H30N2O2/c1-13-7-10-18(11-14(13)20-2)15(19)16(12-17)8-5-3-4-6-9-16/h13-14H,3-12,17H2,1-2H3. The fourth-order valence-corrected chi connectivity index (χ4v) is 3.77. The first kappa shape index (κ1) is 15.8. The van der Waals surface area contributed by atoms with Gasteiger partial charge >= 0.3 is 0 Å². The number of ether oxygens (including phenoxy) is 1. The number of carbonyl (C=O) groups excluding carboxylic acids is 1. The van der Waals surface area contributed by atoms with Crippen LogP contribution >= 0.6 is 0 Å². The third kappa shape index (κ3) is 3.17. The minimum absolute atomic E-state index is 0.174. The zero-order valence-corrected chi connectivity index (χ0v) is 13.1. The van der Waals surface area contributed by atoms with Crippen LogP contribution in [-0.2, 0) is 9.53 Å². The van der Waals surface area contributed by atoms with Crippen molar-refractivity contribution in [3.63, 3.8) is 0 Å². The highest BCUT2D eigenvalue weighted by Gasteiger charge is 2.42. The molecule has 2 rings (SSSR count). The van der Waals surface area contributed by atoms with E-state index in [1.807, 2.05) is 4.90 Å².